The molecule has 0 saturated heterocycles. The maximum atomic E-state index is 13.0. The van der Waals surface area contributed by atoms with E-state index in [0.29, 0.717) is 10.6 Å². The van der Waals surface area contributed by atoms with E-state index >= 15 is 0 Å². The molecular weight excluding hydrogens is 358 g/mol. The number of carbonyl (C=O) groups is 2. The van der Waals surface area contributed by atoms with Crippen molar-refractivity contribution in [1.82, 2.24) is 4.98 Å². The third-order valence-corrected chi connectivity index (χ3v) is 3.17. The fraction of sp³-hybridized carbons (Fsp3) is 0.0625. The molecule has 2 aromatic rings. The molecular formula is C16H11Cl2FN2O3. The summed E-state index contributed by atoms with van der Waals surface area (Å²) < 4.78 is 17.7. The van der Waals surface area contributed by atoms with Crippen molar-refractivity contribution in [2.24, 2.45) is 0 Å². The molecule has 124 valence electrons. The number of aromatic nitrogens is 1. The Kier molecular flexibility index (Phi) is 6.28. The molecule has 24 heavy (non-hydrogen) atoms. The number of carbonyl (C=O) groups excluding carboxylic acids is 2. The monoisotopic (exact) mass is 368 g/mol. The van der Waals surface area contributed by atoms with E-state index in [1.807, 2.05) is 0 Å². The van der Waals surface area contributed by atoms with E-state index in [-0.39, 0.29) is 10.8 Å². The van der Waals surface area contributed by atoms with E-state index in [4.69, 9.17) is 27.9 Å². The molecule has 0 aliphatic heterocycles. The van der Waals surface area contributed by atoms with E-state index in [0.717, 1.165) is 6.08 Å². The molecule has 0 aliphatic rings. The van der Waals surface area contributed by atoms with Gasteiger partial charge in [-0.2, -0.15) is 0 Å². The molecule has 0 saturated carbocycles. The average molecular weight is 369 g/mol. The largest absolute Gasteiger partial charge is 0.452 e. The highest BCUT2D eigenvalue weighted by molar-refractivity contribution is 6.36. The lowest BCUT2D eigenvalue weighted by Crippen LogP contribution is -2.20. The zero-order chi connectivity index (χ0) is 17.5. The van der Waals surface area contributed by atoms with E-state index in [1.165, 1.54) is 36.5 Å². The Morgan fingerprint density at radius 3 is 2.79 bits per heavy atom. The molecule has 0 bridgehead atoms. The van der Waals surface area contributed by atoms with Crippen LogP contribution in [0.1, 0.15) is 5.56 Å². The number of anilines is 1. The number of hydrogen-bond donors (Lipinski definition) is 1. The third kappa shape index (κ3) is 5.64. The van der Waals surface area contributed by atoms with Crippen LogP contribution < -0.4 is 5.32 Å². The summed E-state index contributed by atoms with van der Waals surface area (Å²) in [4.78, 5) is 27.1. The number of benzene rings is 1. The van der Waals surface area contributed by atoms with Crippen LogP contribution in [0, 0.1) is 5.82 Å². The molecule has 0 unspecified atom stereocenters. The summed E-state index contributed by atoms with van der Waals surface area (Å²) in [5.41, 5.74) is 0.494. The van der Waals surface area contributed by atoms with Crippen LogP contribution in [-0.2, 0) is 14.3 Å². The maximum absolute atomic E-state index is 13.0. The molecule has 0 atom stereocenters. The molecule has 1 amide bonds. The lowest BCUT2D eigenvalue weighted by molar-refractivity contribution is -0.142. The van der Waals surface area contributed by atoms with Gasteiger partial charge in [-0.1, -0.05) is 35.3 Å². The van der Waals surface area contributed by atoms with Gasteiger partial charge < -0.3 is 10.1 Å². The number of nitrogens with zero attached hydrogens (tertiary/aromatic N) is 1. The molecule has 0 spiro atoms. The summed E-state index contributed by atoms with van der Waals surface area (Å²) in [5.74, 6) is -1.67. The molecule has 0 radical (unpaired) electrons. The molecule has 0 fully saturated rings. The van der Waals surface area contributed by atoms with Gasteiger partial charge >= 0.3 is 5.97 Å². The molecule has 2 rings (SSSR count). The SMILES string of the molecule is O=C(COC(=O)C=Cc1cccc(F)c1)Nc1ncc(Cl)cc1Cl. The van der Waals surface area contributed by atoms with Crippen molar-refractivity contribution >= 4 is 47.0 Å². The van der Waals surface area contributed by atoms with Crippen molar-refractivity contribution < 1.29 is 18.7 Å². The van der Waals surface area contributed by atoms with Crippen LogP contribution in [0.4, 0.5) is 10.2 Å². The number of halogens is 3. The van der Waals surface area contributed by atoms with Crippen LogP contribution >= 0.6 is 23.2 Å². The zero-order valence-electron chi connectivity index (χ0n) is 12.1. The highest BCUT2D eigenvalue weighted by Gasteiger charge is 2.09. The van der Waals surface area contributed by atoms with Crippen LogP contribution in [0.3, 0.4) is 0 Å². The molecule has 8 heteroatoms. The zero-order valence-corrected chi connectivity index (χ0v) is 13.6. The minimum Gasteiger partial charge on any atom is -0.452 e. The van der Waals surface area contributed by atoms with Crippen molar-refractivity contribution in [1.29, 1.82) is 0 Å². The minimum atomic E-state index is -0.746. The van der Waals surface area contributed by atoms with Crippen LogP contribution in [0.5, 0.6) is 0 Å². The van der Waals surface area contributed by atoms with Gasteiger partial charge in [0.05, 0.1) is 10.0 Å². The summed E-state index contributed by atoms with van der Waals surface area (Å²) in [5, 5.41) is 2.87. The van der Waals surface area contributed by atoms with Crippen molar-refractivity contribution in [2.75, 3.05) is 11.9 Å². The number of ether oxygens (including phenoxy) is 1. The fourth-order valence-electron chi connectivity index (χ4n) is 1.63. The van der Waals surface area contributed by atoms with Gasteiger partial charge in [-0.25, -0.2) is 14.2 Å². The van der Waals surface area contributed by atoms with E-state index in [9.17, 15) is 14.0 Å². The summed E-state index contributed by atoms with van der Waals surface area (Å²) in [6, 6.07) is 7.09. The van der Waals surface area contributed by atoms with E-state index < -0.39 is 24.3 Å². The second-order valence-corrected chi connectivity index (χ2v) is 5.37. The highest BCUT2D eigenvalue weighted by atomic mass is 35.5. The summed E-state index contributed by atoms with van der Waals surface area (Å²) in [7, 11) is 0. The first-order chi connectivity index (χ1) is 11.4. The average Bonchev–Trinajstić information content (AvgIpc) is 2.54. The Bertz CT molecular complexity index is 797. The Labute approximate surface area is 147 Å². The first-order valence-electron chi connectivity index (χ1n) is 6.65. The second-order valence-electron chi connectivity index (χ2n) is 4.53. The lowest BCUT2D eigenvalue weighted by Gasteiger charge is -2.06. The number of amides is 1. The first-order valence-corrected chi connectivity index (χ1v) is 7.41. The Balaban J connectivity index is 1.83. The van der Waals surface area contributed by atoms with Crippen LogP contribution in [0.2, 0.25) is 10.0 Å². The smallest absolute Gasteiger partial charge is 0.331 e. The molecule has 1 heterocycles. The van der Waals surface area contributed by atoms with Crippen molar-refractivity contribution in [3.63, 3.8) is 0 Å². The fourth-order valence-corrected chi connectivity index (χ4v) is 2.06. The standard InChI is InChI=1S/C16H11Cl2FN2O3/c17-11-7-13(18)16(20-8-11)21-14(22)9-24-15(23)5-4-10-2-1-3-12(19)6-10/h1-8H,9H2,(H,20,21,22). The summed E-state index contributed by atoms with van der Waals surface area (Å²) >= 11 is 11.5. The molecule has 1 aromatic carbocycles. The molecule has 1 N–H and O–H groups in total. The lowest BCUT2D eigenvalue weighted by atomic mass is 10.2. The number of nitrogens with one attached hydrogen (secondary N) is 1. The predicted octanol–water partition coefficient (Wildman–Crippen LogP) is 3.72. The van der Waals surface area contributed by atoms with Crippen LogP contribution in [0.25, 0.3) is 6.08 Å². The van der Waals surface area contributed by atoms with Crippen molar-refractivity contribution in [3.05, 3.63) is 64.0 Å². The molecule has 1 aromatic heterocycles. The number of pyridine rings is 1. The van der Waals surface area contributed by atoms with Gasteiger partial charge in [0.25, 0.3) is 5.91 Å². The van der Waals surface area contributed by atoms with Gasteiger partial charge in [-0.3, -0.25) is 4.79 Å². The number of esters is 1. The first kappa shape index (κ1) is 17.9. The highest BCUT2D eigenvalue weighted by Crippen LogP contribution is 2.22. The maximum Gasteiger partial charge on any atom is 0.331 e. The van der Waals surface area contributed by atoms with Crippen molar-refractivity contribution in [2.45, 2.75) is 0 Å². The van der Waals surface area contributed by atoms with Gasteiger partial charge in [0.15, 0.2) is 12.4 Å². The summed E-state index contributed by atoms with van der Waals surface area (Å²) in [6.07, 6.45) is 3.79. The minimum absolute atomic E-state index is 0.109. The van der Waals surface area contributed by atoms with E-state index in [1.54, 1.807) is 6.07 Å². The third-order valence-electron chi connectivity index (χ3n) is 2.67. The van der Waals surface area contributed by atoms with E-state index in [2.05, 4.69) is 10.3 Å². The van der Waals surface area contributed by atoms with Gasteiger partial charge in [-0.15, -0.1) is 0 Å². The van der Waals surface area contributed by atoms with Crippen LogP contribution in [0.15, 0.2) is 42.6 Å². The van der Waals surface area contributed by atoms with Gasteiger partial charge in [0.2, 0.25) is 0 Å². The Hall–Kier alpha value is -2.44. The van der Waals surface area contributed by atoms with Crippen molar-refractivity contribution in [3.8, 4) is 0 Å². The van der Waals surface area contributed by atoms with Gasteiger partial charge in [0, 0.05) is 12.3 Å². The predicted molar refractivity (Wildman–Crippen MR) is 89.3 cm³/mol. The van der Waals surface area contributed by atoms with Gasteiger partial charge in [-0.05, 0) is 29.8 Å². The normalized spacial score (nSPS) is 10.6. The summed E-state index contributed by atoms with van der Waals surface area (Å²) in [6.45, 7) is -0.521. The van der Waals surface area contributed by atoms with Crippen LogP contribution in [-0.4, -0.2) is 23.5 Å². The number of rotatable bonds is 5. The Morgan fingerprint density at radius 1 is 1.29 bits per heavy atom. The Morgan fingerprint density at radius 2 is 2.08 bits per heavy atom. The molecule has 0 aliphatic carbocycles. The quantitative estimate of drug-likeness (QED) is 0.644. The van der Waals surface area contributed by atoms with Gasteiger partial charge in [0.1, 0.15) is 5.82 Å². The number of hydrogen-bond acceptors (Lipinski definition) is 4. The second kappa shape index (κ2) is 8.42. The topological polar surface area (TPSA) is 68.3 Å². The molecule has 5 nitrogen and oxygen atoms in total.